The molecule has 0 aliphatic heterocycles. The Morgan fingerprint density at radius 1 is 0.364 bits per heavy atom. The number of thiophene rings is 1. The van der Waals surface area contributed by atoms with Crippen molar-refractivity contribution in [2.75, 3.05) is 4.90 Å². The van der Waals surface area contributed by atoms with Crippen LogP contribution in [0.2, 0.25) is 0 Å². The fraction of sp³-hybridized carbons (Fsp3) is 0. The van der Waals surface area contributed by atoms with Crippen molar-refractivity contribution in [2.45, 2.75) is 0 Å². The molecule has 0 fully saturated rings. The van der Waals surface area contributed by atoms with E-state index in [0.29, 0.717) is 0 Å². The molecule has 0 spiro atoms. The van der Waals surface area contributed by atoms with Gasteiger partial charge in [-0.15, -0.1) is 11.3 Å². The third-order valence-corrected chi connectivity index (χ3v) is 12.0. The highest BCUT2D eigenvalue weighted by atomic mass is 32.1. The van der Waals surface area contributed by atoms with Crippen LogP contribution in [0, 0.1) is 0 Å². The van der Waals surface area contributed by atoms with Crippen LogP contribution < -0.4 is 4.90 Å². The first-order valence-electron chi connectivity index (χ1n) is 18.7. The highest BCUT2D eigenvalue weighted by Gasteiger charge is 2.20. The quantitative estimate of drug-likeness (QED) is 0.170. The van der Waals surface area contributed by atoms with Crippen LogP contribution in [-0.4, -0.2) is 0 Å². The molecule has 0 N–H and O–H groups in total. The molecular weight excluding hydrogens is 687 g/mol. The number of anilines is 3. The van der Waals surface area contributed by atoms with Crippen molar-refractivity contribution in [1.29, 1.82) is 0 Å². The Kier molecular flexibility index (Phi) is 7.39. The van der Waals surface area contributed by atoms with Gasteiger partial charge in [0, 0.05) is 47.9 Å². The van der Waals surface area contributed by atoms with E-state index in [2.05, 4.69) is 193 Å². The molecule has 0 aliphatic carbocycles. The van der Waals surface area contributed by atoms with E-state index in [1.54, 1.807) is 0 Å². The monoisotopic (exact) mass is 719 g/mol. The van der Waals surface area contributed by atoms with Crippen LogP contribution in [0.1, 0.15) is 0 Å². The van der Waals surface area contributed by atoms with E-state index in [4.69, 9.17) is 4.42 Å². The minimum absolute atomic E-state index is 0.902. The summed E-state index contributed by atoms with van der Waals surface area (Å²) in [4.78, 5) is 2.42. The van der Waals surface area contributed by atoms with Crippen LogP contribution >= 0.6 is 11.3 Å². The number of rotatable bonds is 6. The molecule has 0 saturated carbocycles. The maximum Gasteiger partial charge on any atom is 0.136 e. The van der Waals surface area contributed by atoms with Gasteiger partial charge in [0.05, 0.1) is 5.69 Å². The third kappa shape index (κ3) is 5.24. The second kappa shape index (κ2) is 12.9. The van der Waals surface area contributed by atoms with Gasteiger partial charge in [-0.2, -0.15) is 0 Å². The summed E-state index contributed by atoms with van der Waals surface area (Å²) in [5.41, 5.74) is 12.2. The first-order chi connectivity index (χ1) is 27.3. The number of fused-ring (bicyclic) bond motifs is 7. The minimum atomic E-state index is 0.902. The first-order valence-corrected chi connectivity index (χ1v) is 19.5. The molecule has 11 rings (SSSR count). The van der Waals surface area contributed by atoms with E-state index in [1.165, 1.54) is 53.2 Å². The van der Waals surface area contributed by atoms with Crippen molar-refractivity contribution in [3.8, 4) is 33.4 Å². The number of nitrogens with zero attached hydrogens (tertiary/aromatic N) is 1. The smallest absolute Gasteiger partial charge is 0.136 e. The van der Waals surface area contributed by atoms with Crippen molar-refractivity contribution in [1.82, 2.24) is 0 Å². The van der Waals surface area contributed by atoms with Gasteiger partial charge in [-0.05, 0) is 93.2 Å². The summed E-state index contributed by atoms with van der Waals surface area (Å²) in [5.74, 6) is 0. The van der Waals surface area contributed by atoms with E-state index in [1.807, 2.05) is 23.5 Å². The molecular formula is C52H33NOS. The van der Waals surface area contributed by atoms with Gasteiger partial charge in [-0.1, -0.05) is 146 Å². The van der Waals surface area contributed by atoms with Crippen molar-refractivity contribution in [2.24, 2.45) is 0 Å². The zero-order valence-corrected chi connectivity index (χ0v) is 30.6. The highest BCUT2D eigenvalue weighted by Crippen LogP contribution is 2.46. The Bertz CT molecular complexity index is 3220. The molecule has 2 heterocycles. The number of hydrogen-bond donors (Lipinski definition) is 0. The van der Waals surface area contributed by atoms with Crippen molar-refractivity contribution < 1.29 is 4.42 Å². The maximum atomic E-state index is 6.26. The van der Waals surface area contributed by atoms with Crippen LogP contribution in [-0.2, 0) is 0 Å². The maximum absolute atomic E-state index is 6.26. The second-order valence-corrected chi connectivity index (χ2v) is 15.1. The predicted octanol–water partition coefficient (Wildman–Crippen LogP) is 15.6. The summed E-state index contributed by atoms with van der Waals surface area (Å²) in [6, 6.07) is 72.3. The normalized spacial score (nSPS) is 11.6. The van der Waals surface area contributed by atoms with Crippen molar-refractivity contribution in [3.63, 3.8) is 0 Å². The molecule has 0 radical (unpaired) electrons. The largest absolute Gasteiger partial charge is 0.456 e. The predicted molar refractivity (Wildman–Crippen MR) is 235 cm³/mol. The van der Waals surface area contributed by atoms with E-state index < -0.39 is 0 Å². The summed E-state index contributed by atoms with van der Waals surface area (Å²) >= 11 is 1.86. The Morgan fingerprint density at radius 2 is 0.982 bits per heavy atom. The van der Waals surface area contributed by atoms with Gasteiger partial charge in [0.1, 0.15) is 11.2 Å². The minimum Gasteiger partial charge on any atom is -0.456 e. The van der Waals surface area contributed by atoms with E-state index in [-0.39, 0.29) is 0 Å². The molecule has 55 heavy (non-hydrogen) atoms. The Balaban J connectivity index is 1.11. The lowest BCUT2D eigenvalue weighted by atomic mass is 9.95. The molecule has 0 amide bonds. The van der Waals surface area contributed by atoms with Gasteiger partial charge in [0.15, 0.2) is 0 Å². The number of benzene rings is 9. The van der Waals surface area contributed by atoms with Crippen molar-refractivity contribution >= 4 is 81.3 Å². The molecule has 0 bridgehead atoms. The molecule has 11 aromatic rings. The van der Waals surface area contributed by atoms with Gasteiger partial charge in [-0.3, -0.25) is 0 Å². The second-order valence-electron chi connectivity index (χ2n) is 14.0. The Morgan fingerprint density at radius 3 is 1.89 bits per heavy atom. The lowest BCUT2D eigenvalue weighted by Gasteiger charge is -2.29. The number of hydrogen-bond acceptors (Lipinski definition) is 3. The number of para-hydroxylation sites is 2. The van der Waals surface area contributed by atoms with E-state index in [9.17, 15) is 0 Å². The van der Waals surface area contributed by atoms with Gasteiger partial charge in [-0.25, -0.2) is 0 Å². The van der Waals surface area contributed by atoms with E-state index >= 15 is 0 Å². The summed E-state index contributed by atoms with van der Waals surface area (Å²) in [6.07, 6.45) is 0. The van der Waals surface area contributed by atoms with E-state index in [0.717, 1.165) is 50.1 Å². The molecule has 9 aromatic carbocycles. The Labute approximate surface area is 322 Å². The number of furan rings is 1. The molecule has 0 aliphatic rings. The first kappa shape index (κ1) is 31.6. The lowest BCUT2D eigenvalue weighted by Crippen LogP contribution is -2.11. The van der Waals surface area contributed by atoms with Crippen LogP contribution in [0.4, 0.5) is 17.1 Å². The SMILES string of the molecule is c1cc(-c2cccc3sc4ccccc4c23)cc(N(c2ccc(-c3cccc4oc5ccccc5c34)cc2)c2ccccc2-c2cccc3ccccc23)c1. The topological polar surface area (TPSA) is 16.4 Å². The zero-order valence-electron chi connectivity index (χ0n) is 29.8. The van der Waals surface area contributed by atoms with Crippen LogP contribution in [0.3, 0.4) is 0 Å². The van der Waals surface area contributed by atoms with Gasteiger partial charge >= 0.3 is 0 Å². The summed E-state index contributed by atoms with van der Waals surface area (Å²) < 4.78 is 8.88. The lowest BCUT2D eigenvalue weighted by molar-refractivity contribution is 0.669. The molecule has 258 valence electrons. The van der Waals surface area contributed by atoms with Crippen LogP contribution in [0.15, 0.2) is 205 Å². The van der Waals surface area contributed by atoms with Crippen LogP contribution in [0.5, 0.6) is 0 Å². The summed E-state index contributed by atoms with van der Waals surface area (Å²) in [7, 11) is 0. The summed E-state index contributed by atoms with van der Waals surface area (Å²) in [5, 5.41) is 7.36. The molecule has 3 heteroatoms. The molecule has 0 saturated heterocycles. The summed E-state index contributed by atoms with van der Waals surface area (Å²) in [6.45, 7) is 0. The zero-order chi connectivity index (χ0) is 36.3. The molecule has 2 aromatic heterocycles. The van der Waals surface area contributed by atoms with Crippen LogP contribution in [0.25, 0.3) is 86.3 Å². The Hall–Kier alpha value is -6.94. The molecule has 0 unspecified atom stereocenters. The average Bonchev–Trinajstić information content (AvgIpc) is 3.83. The van der Waals surface area contributed by atoms with Gasteiger partial charge < -0.3 is 9.32 Å². The fourth-order valence-corrected chi connectivity index (χ4v) is 9.55. The average molecular weight is 720 g/mol. The third-order valence-electron chi connectivity index (χ3n) is 10.9. The standard InChI is InChI=1S/C52H33NOS/c1-2-17-39-34(13-1)14-10-23-42(39)43-18-3-6-24-46(43)53(37-31-29-35(30-32-37)40-21-11-26-48-51(40)44-19-4-7-25-47(44)54-48)38-16-9-15-36(33-38)41-22-12-28-50-52(41)45-20-5-8-27-49(45)55-50/h1-33H. The fourth-order valence-electron chi connectivity index (χ4n) is 8.42. The van der Waals surface area contributed by atoms with Gasteiger partial charge in [0.2, 0.25) is 0 Å². The molecule has 0 atom stereocenters. The van der Waals surface area contributed by atoms with Crippen molar-refractivity contribution in [3.05, 3.63) is 200 Å². The molecule has 2 nitrogen and oxygen atoms in total. The van der Waals surface area contributed by atoms with Gasteiger partial charge in [0.25, 0.3) is 0 Å². The highest BCUT2D eigenvalue weighted by molar-refractivity contribution is 7.25.